The number of halogens is 4. The largest absolute Gasteiger partial charge is 0.268 e. The van der Waals surface area contributed by atoms with E-state index in [9.17, 15) is 18.4 Å². The van der Waals surface area contributed by atoms with Crippen molar-refractivity contribution in [1.29, 1.82) is 0 Å². The van der Waals surface area contributed by atoms with Gasteiger partial charge in [0.2, 0.25) is 0 Å². The van der Waals surface area contributed by atoms with Crippen LogP contribution >= 0.6 is 23.2 Å². The zero-order chi connectivity index (χ0) is 15.3. The van der Waals surface area contributed by atoms with Gasteiger partial charge in [-0.2, -0.15) is 0 Å². The molecular formula is C14H5Cl2F2NO2. The molecule has 1 aliphatic heterocycles. The Morgan fingerprint density at radius 3 is 1.95 bits per heavy atom. The van der Waals surface area contributed by atoms with E-state index in [0.717, 1.165) is 6.07 Å². The van der Waals surface area contributed by atoms with Gasteiger partial charge < -0.3 is 0 Å². The topological polar surface area (TPSA) is 37.4 Å². The SMILES string of the molecule is O=C1c2ccccc2C(=O)N1c1cc(F)c(Cl)c(F)c1Cl. The molecular weight excluding hydrogens is 323 g/mol. The summed E-state index contributed by atoms with van der Waals surface area (Å²) in [4.78, 5) is 25.1. The van der Waals surface area contributed by atoms with Crippen LogP contribution in [0.25, 0.3) is 0 Å². The van der Waals surface area contributed by atoms with E-state index in [1.165, 1.54) is 12.1 Å². The maximum Gasteiger partial charge on any atom is 0.266 e. The van der Waals surface area contributed by atoms with E-state index in [2.05, 4.69) is 0 Å². The summed E-state index contributed by atoms with van der Waals surface area (Å²) in [5.74, 6) is -3.72. The summed E-state index contributed by atoms with van der Waals surface area (Å²) in [6, 6.07) is 6.82. The normalized spacial score (nSPS) is 13.8. The number of rotatable bonds is 1. The van der Waals surface area contributed by atoms with Gasteiger partial charge in [0.05, 0.1) is 16.8 Å². The van der Waals surface area contributed by atoms with Gasteiger partial charge in [0.25, 0.3) is 11.8 Å². The molecule has 0 bridgehead atoms. The number of fused-ring (bicyclic) bond motifs is 1. The van der Waals surface area contributed by atoms with Crippen molar-refractivity contribution >= 4 is 40.7 Å². The average molecular weight is 328 g/mol. The second-order valence-corrected chi connectivity index (χ2v) is 5.07. The smallest absolute Gasteiger partial charge is 0.266 e. The molecule has 1 aliphatic rings. The highest BCUT2D eigenvalue weighted by atomic mass is 35.5. The summed E-state index contributed by atoms with van der Waals surface area (Å²) in [6.45, 7) is 0. The van der Waals surface area contributed by atoms with Gasteiger partial charge >= 0.3 is 0 Å². The molecule has 1 heterocycles. The first-order valence-corrected chi connectivity index (χ1v) is 6.50. The van der Waals surface area contributed by atoms with E-state index in [1.807, 2.05) is 0 Å². The van der Waals surface area contributed by atoms with Gasteiger partial charge in [0.1, 0.15) is 15.9 Å². The van der Waals surface area contributed by atoms with Gasteiger partial charge in [-0.15, -0.1) is 0 Å². The fraction of sp³-hybridized carbons (Fsp3) is 0. The molecule has 0 unspecified atom stereocenters. The molecule has 0 atom stereocenters. The molecule has 0 N–H and O–H groups in total. The van der Waals surface area contributed by atoms with E-state index in [0.29, 0.717) is 4.90 Å². The van der Waals surface area contributed by atoms with Crippen LogP contribution in [-0.4, -0.2) is 11.8 Å². The number of hydrogen-bond acceptors (Lipinski definition) is 2. The summed E-state index contributed by atoms with van der Waals surface area (Å²) in [6.07, 6.45) is 0. The molecule has 0 aromatic heterocycles. The monoisotopic (exact) mass is 327 g/mol. The number of benzene rings is 2. The Kier molecular flexibility index (Phi) is 3.19. The Bertz CT molecular complexity index is 773. The van der Waals surface area contributed by atoms with E-state index < -0.39 is 33.5 Å². The van der Waals surface area contributed by atoms with Crippen LogP contribution in [0.5, 0.6) is 0 Å². The Balaban J connectivity index is 2.21. The lowest BCUT2D eigenvalue weighted by Gasteiger charge is -2.16. The Hall–Kier alpha value is -1.98. The molecule has 2 aromatic carbocycles. The van der Waals surface area contributed by atoms with Crippen molar-refractivity contribution in [2.75, 3.05) is 4.90 Å². The molecule has 0 radical (unpaired) electrons. The molecule has 3 nitrogen and oxygen atoms in total. The molecule has 21 heavy (non-hydrogen) atoms. The molecule has 2 aromatic rings. The Morgan fingerprint density at radius 1 is 0.905 bits per heavy atom. The first-order valence-electron chi connectivity index (χ1n) is 5.74. The molecule has 0 aliphatic carbocycles. The highest BCUT2D eigenvalue weighted by Gasteiger charge is 2.38. The van der Waals surface area contributed by atoms with Crippen molar-refractivity contribution in [3.63, 3.8) is 0 Å². The summed E-state index contributed by atoms with van der Waals surface area (Å²) < 4.78 is 27.3. The molecule has 0 saturated heterocycles. The van der Waals surface area contributed by atoms with Crippen LogP contribution in [0.2, 0.25) is 10.0 Å². The van der Waals surface area contributed by atoms with Gasteiger partial charge in [-0.05, 0) is 12.1 Å². The zero-order valence-electron chi connectivity index (χ0n) is 10.2. The zero-order valence-corrected chi connectivity index (χ0v) is 11.7. The van der Waals surface area contributed by atoms with Crippen molar-refractivity contribution < 1.29 is 18.4 Å². The minimum Gasteiger partial charge on any atom is -0.268 e. The molecule has 7 heteroatoms. The van der Waals surface area contributed by atoms with Gasteiger partial charge in [0, 0.05) is 6.07 Å². The van der Waals surface area contributed by atoms with Crippen molar-refractivity contribution in [2.45, 2.75) is 0 Å². The fourth-order valence-electron chi connectivity index (χ4n) is 2.13. The third-order valence-electron chi connectivity index (χ3n) is 3.12. The number of carbonyl (C=O) groups is 2. The number of amides is 2. The lowest BCUT2D eigenvalue weighted by molar-refractivity contribution is 0.0926. The fourth-order valence-corrected chi connectivity index (χ4v) is 2.56. The van der Waals surface area contributed by atoms with E-state index >= 15 is 0 Å². The summed E-state index contributed by atoms with van der Waals surface area (Å²) in [5.41, 5.74) is -0.0778. The summed E-state index contributed by atoms with van der Waals surface area (Å²) >= 11 is 11.2. The standard InChI is InChI=1S/C14H5Cl2F2NO2/c15-10-8(17)5-9(11(16)12(10)18)19-13(20)6-3-1-2-4-7(6)14(19)21/h1-5H. The average Bonchev–Trinajstić information content (AvgIpc) is 2.73. The number of anilines is 1. The van der Waals surface area contributed by atoms with Gasteiger partial charge in [-0.25, -0.2) is 13.7 Å². The summed E-state index contributed by atoms with van der Waals surface area (Å²) in [7, 11) is 0. The highest BCUT2D eigenvalue weighted by molar-refractivity contribution is 6.41. The number of carbonyl (C=O) groups excluding carboxylic acids is 2. The van der Waals surface area contributed by atoms with Crippen molar-refractivity contribution in [3.8, 4) is 0 Å². The maximum atomic E-state index is 13.7. The number of imide groups is 1. The van der Waals surface area contributed by atoms with E-state index in [1.54, 1.807) is 12.1 Å². The Morgan fingerprint density at radius 2 is 1.43 bits per heavy atom. The van der Waals surface area contributed by atoms with Crippen LogP contribution in [-0.2, 0) is 0 Å². The van der Waals surface area contributed by atoms with Crippen LogP contribution in [0.3, 0.4) is 0 Å². The molecule has 0 spiro atoms. The predicted octanol–water partition coefficient (Wildman–Crippen LogP) is 4.07. The van der Waals surface area contributed by atoms with Gasteiger partial charge in [0.15, 0.2) is 5.82 Å². The quantitative estimate of drug-likeness (QED) is 0.449. The maximum absolute atomic E-state index is 13.7. The molecule has 3 rings (SSSR count). The second-order valence-electron chi connectivity index (χ2n) is 4.31. The first-order chi connectivity index (χ1) is 9.93. The Labute approximate surface area is 127 Å². The van der Waals surface area contributed by atoms with Crippen LogP contribution in [0.4, 0.5) is 14.5 Å². The first kappa shape index (κ1) is 14.0. The third-order valence-corrected chi connectivity index (χ3v) is 3.82. The van der Waals surface area contributed by atoms with Gasteiger partial charge in [-0.1, -0.05) is 35.3 Å². The molecule has 0 fully saturated rings. The highest BCUT2D eigenvalue weighted by Crippen LogP contribution is 2.38. The number of hydrogen-bond donors (Lipinski definition) is 0. The molecule has 2 amide bonds. The summed E-state index contributed by atoms with van der Waals surface area (Å²) in [5, 5.41) is -1.38. The second kappa shape index (κ2) is 4.79. The third kappa shape index (κ3) is 1.92. The van der Waals surface area contributed by atoms with Crippen LogP contribution in [0.15, 0.2) is 30.3 Å². The van der Waals surface area contributed by atoms with Crippen molar-refractivity contribution in [3.05, 3.63) is 63.1 Å². The van der Waals surface area contributed by atoms with Crippen molar-refractivity contribution in [2.24, 2.45) is 0 Å². The lowest BCUT2D eigenvalue weighted by Crippen LogP contribution is -2.30. The number of nitrogens with zero attached hydrogens (tertiary/aromatic N) is 1. The van der Waals surface area contributed by atoms with E-state index in [4.69, 9.17) is 23.2 Å². The van der Waals surface area contributed by atoms with Crippen LogP contribution in [0.1, 0.15) is 20.7 Å². The van der Waals surface area contributed by atoms with Crippen LogP contribution in [0, 0.1) is 11.6 Å². The minimum absolute atomic E-state index is 0.148. The van der Waals surface area contributed by atoms with Gasteiger partial charge in [-0.3, -0.25) is 9.59 Å². The molecule has 106 valence electrons. The molecule has 0 saturated carbocycles. The van der Waals surface area contributed by atoms with E-state index in [-0.39, 0.29) is 16.8 Å². The minimum atomic E-state index is -1.22. The predicted molar refractivity (Wildman–Crippen MR) is 74.0 cm³/mol. The van der Waals surface area contributed by atoms with Crippen LogP contribution < -0.4 is 4.90 Å². The van der Waals surface area contributed by atoms with Crippen molar-refractivity contribution in [1.82, 2.24) is 0 Å². The lowest BCUT2D eigenvalue weighted by atomic mass is 10.1.